The predicted molar refractivity (Wildman–Crippen MR) is 249 cm³/mol. The van der Waals surface area contributed by atoms with E-state index in [9.17, 15) is 19.0 Å². The van der Waals surface area contributed by atoms with Gasteiger partial charge in [-0.3, -0.25) is 14.2 Å². The molecule has 0 aromatic rings. The average Bonchev–Trinajstić information content (AvgIpc) is 3.20. The summed E-state index contributed by atoms with van der Waals surface area (Å²) in [7, 11) is 1.12. The number of hydrogen-bond acceptors (Lipinski definition) is 8. The fourth-order valence-corrected chi connectivity index (χ4v) is 6.77. The van der Waals surface area contributed by atoms with Gasteiger partial charge in [-0.2, -0.15) is 0 Å². The van der Waals surface area contributed by atoms with Gasteiger partial charge in [-0.25, -0.2) is 0 Å². The zero-order valence-electron chi connectivity index (χ0n) is 38.9. The summed E-state index contributed by atoms with van der Waals surface area (Å²) in [5.41, 5.74) is 0. The molecule has 0 aromatic carbocycles. The molecule has 0 aliphatic heterocycles. The highest BCUT2D eigenvalue weighted by Crippen LogP contribution is 2.38. The van der Waals surface area contributed by atoms with Crippen molar-refractivity contribution >= 4 is 19.8 Å². The summed E-state index contributed by atoms with van der Waals surface area (Å²) < 4.78 is 33.9. The van der Waals surface area contributed by atoms with Crippen LogP contribution in [0.1, 0.15) is 181 Å². The number of rotatable bonds is 42. The summed E-state index contributed by atoms with van der Waals surface area (Å²) in [4.78, 5) is 37.6. The molecular formula is C50H88NO8P. The first-order valence-electron chi connectivity index (χ1n) is 23.6. The summed E-state index contributed by atoms with van der Waals surface area (Å²) in [6.45, 7) is 4.04. The van der Waals surface area contributed by atoms with Gasteiger partial charge in [-0.05, 0) is 77.0 Å². The average molecular weight is 862 g/mol. The number of phosphoric acid groups is 1. The van der Waals surface area contributed by atoms with Gasteiger partial charge in [-0.15, -0.1) is 0 Å². The first-order valence-corrected chi connectivity index (χ1v) is 25.1. The van der Waals surface area contributed by atoms with E-state index >= 15 is 0 Å². The Morgan fingerprint density at radius 3 is 1.48 bits per heavy atom. The van der Waals surface area contributed by atoms with Crippen molar-refractivity contribution in [3.05, 3.63) is 72.9 Å². The summed E-state index contributed by atoms with van der Waals surface area (Å²) in [5, 5.41) is 0. The zero-order chi connectivity index (χ0) is 44.3. The zero-order valence-corrected chi connectivity index (χ0v) is 39.8. The van der Waals surface area contributed by atoms with Crippen molar-refractivity contribution in [2.45, 2.75) is 187 Å². The number of quaternary nitrogens is 1. The molecule has 0 fully saturated rings. The molecule has 0 aliphatic carbocycles. The first-order chi connectivity index (χ1) is 29.0. The van der Waals surface area contributed by atoms with E-state index in [0.29, 0.717) is 23.9 Å². The quantitative estimate of drug-likeness (QED) is 0.0196. The number of esters is 2. The minimum atomic E-state index is -4.64. The Balaban J connectivity index is 4.41. The van der Waals surface area contributed by atoms with Gasteiger partial charge in [0.2, 0.25) is 0 Å². The molecule has 2 atom stereocenters. The maximum Gasteiger partial charge on any atom is 0.306 e. The van der Waals surface area contributed by atoms with Gasteiger partial charge in [0.1, 0.15) is 19.8 Å². The Morgan fingerprint density at radius 2 is 0.967 bits per heavy atom. The highest BCUT2D eigenvalue weighted by molar-refractivity contribution is 7.45. The molecular weight excluding hydrogens is 774 g/mol. The number of likely N-dealkylation sites (N-methyl/N-ethyl adjacent to an activating group) is 1. The minimum Gasteiger partial charge on any atom is -0.756 e. The van der Waals surface area contributed by atoms with Crippen molar-refractivity contribution in [1.82, 2.24) is 0 Å². The van der Waals surface area contributed by atoms with E-state index in [1.807, 2.05) is 27.2 Å². The van der Waals surface area contributed by atoms with Crippen LogP contribution in [0.4, 0.5) is 0 Å². The van der Waals surface area contributed by atoms with Gasteiger partial charge in [-0.1, -0.05) is 164 Å². The number of carbonyl (C=O) groups is 2. The lowest BCUT2D eigenvalue weighted by atomic mass is 10.1. The van der Waals surface area contributed by atoms with Crippen LogP contribution in [0.3, 0.4) is 0 Å². The van der Waals surface area contributed by atoms with Crippen LogP contribution in [-0.4, -0.2) is 70.0 Å². The van der Waals surface area contributed by atoms with Crippen LogP contribution in [0.25, 0.3) is 0 Å². The summed E-state index contributed by atoms with van der Waals surface area (Å²) in [5.74, 6) is -0.911. The Morgan fingerprint density at radius 1 is 0.533 bits per heavy atom. The van der Waals surface area contributed by atoms with Crippen LogP contribution in [0.2, 0.25) is 0 Å². The molecule has 0 aliphatic rings. The molecule has 0 spiro atoms. The van der Waals surface area contributed by atoms with Gasteiger partial charge in [0, 0.05) is 12.8 Å². The molecule has 0 heterocycles. The molecule has 0 aromatic heterocycles. The SMILES string of the molecule is CC/C=C\C/C=C\C/C=C\C/C=C\C/C=C\CCCC(=O)OC[C@H](COP(=O)([O-])OCC[N+](C)(C)C)OC(=O)CCCCCCCCC/C=C\CCCCCCCCCC. The number of carbonyl (C=O) groups excluding carboxylic acids is 2. The van der Waals surface area contributed by atoms with E-state index in [0.717, 1.165) is 64.2 Å². The highest BCUT2D eigenvalue weighted by atomic mass is 31.2. The second-order valence-electron chi connectivity index (χ2n) is 16.7. The van der Waals surface area contributed by atoms with Crippen molar-refractivity contribution in [1.29, 1.82) is 0 Å². The molecule has 10 heteroatoms. The van der Waals surface area contributed by atoms with Crippen molar-refractivity contribution < 1.29 is 42.1 Å². The van der Waals surface area contributed by atoms with Gasteiger partial charge < -0.3 is 27.9 Å². The molecule has 0 bridgehead atoms. The third-order valence-corrected chi connectivity index (χ3v) is 10.7. The summed E-state index contributed by atoms with van der Waals surface area (Å²) in [6.07, 6.45) is 52.2. The third kappa shape index (κ3) is 45.0. The van der Waals surface area contributed by atoms with Crippen LogP contribution in [0.15, 0.2) is 72.9 Å². The monoisotopic (exact) mass is 862 g/mol. The van der Waals surface area contributed by atoms with E-state index < -0.39 is 32.5 Å². The van der Waals surface area contributed by atoms with Crippen LogP contribution < -0.4 is 4.89 Å². The van der Waals surface area contributed by atoms with E-state index in [2.05, 4.69) is 80.7 Å². The highest BCUT2D eigenvalue weighted by Gasteiger charge is 2.21. The number of unbranched alkanes of at least 4 members (excludes halogenated alkanes) is 16. The van der Waals surface area contributed by atoms with Crippen LogP contribution in [-0.2, 0) is 32.7 Å². The molecule has 0 saturated heterocycles. The molecule has 0 amide bonds. The smallest absolute Gasteiger partial charge is 0.306 e. The molecule has 0 radical (unpaired) electrons. The molecule has 60 heavy (non-hydrogen) atoms. The maximum atomic E-state index is 12.7. The topological polar surface area (TPSA) is 111 Å². The lowest BCUT2D eigenvalue weighted by Crippen LogP contribution is -2.37. The minimum absolute atomic E-state index is 0.0436. The molecule has 346 valence electrons. The van der Waals surface area contributed by atoms with Crippen molar-refractivity contribution in [2.24, 2.45) is 0 Å². The summed E-state index contributed by atoms with van der Waals surface area (Å²) >= 11 is 0. The van der Waals surface area contributed by atoms with Gasteiger partial charge in [0.05, 0.1) is 27.7 Å². The second kappa shape index (κ2) is 41.8. The lowest BCUT2D eigenvalue weighted by molar-refractivity contribution is -0.870. The number of ether oxygens (including phenoxy) is 2. The van der Waals surface area contributed by atoms with Gasteiger partial charge in [0.15, 0.2) is 6.10 Å². The normalized spacial score (nSPS) is 14.2. The van der Waals surface area contributed by atoms with E-state index in [-0.39, 0.29) is 26.1 Å². The Labute approximate surface area is 368 Å². The van der Waals surface area contributed by atoms with Gasteiger partial charge >= 0.3 is 11.9 Å². The number of phosphoric ester groups is 1. The second-order valence-corrected chi connectivity index (χ2v) is 18.1. The number of nitrogens with zero attached hydrogens (tertiary/aromatic N) is 1. The Bertz CT molecular complexity index is 1250. The van der Waals surface area contributed by atoms with E-state index in [1.165, 1.54) is 77.0 Å². The Kier molecular flexibility index (Phi) is 40.0. The van der Waals surface area contributed by atoms with Crippen LogP contribution >= 0.6 is 7.82 Å². The standard InChI is InChI=1S/C50H88NO8P/c1-6-8-10-12-14-16-18-20-22-24-25-27-29-31-33-35-37-39-41-43-50(53)59-48(47-58-60(54,55)57-45-44-51(3,4)5)46-56-49(52)42-40-38-36-34-32-30-28-26-23-21-19-17-15-13-11-9-7-2/h9,11,15,17,21,23-25,28,30,34,36,48H,6-8,10,12-14,16,18-20,22,26-27,29,31-33,35,37-47H2,1-5H3/b11-9-,17-15-,23-21-,25-24-,30-28-,36-34-/t48-/m1/s1. The largest absolute Gasteiger partial charge is 0.756 e. The molecule has 9 nitrogen and oxygen atoms in total. The summed E-state index contributed by atoms with van der Waals surface area (Å²) in [6, 6.07) is 0. The molecule has 0 N–H and O–H groups in total. The predicted octanol–water partition coefficient (Wildman–Crippen LogP) is 13.2. The maximum absolute atomic E-state index is 12.7. The molecule has 0 rings (SSSR count). The van der Waals surface area contributed by atoms with Crippen molar-refractivity contribution in [3.63, 3.8) is 0 Å². The van der Waals surface area contributed by atoms with Crippen LogP contribution in [0, 0.1) is 0 Å². The number of hydrogen-bond donors (Lipinski definition) is 0. The lowest BCUT2D eigenvalue weighted by Gasteiger charge is -2.28. The first kappa shape index (κ1) is 57.4. The number of allylic oxidation sites excluding steroid dienone is 12. The fourth-order valence-electron chi connectivity index (χ4n) is 6.04. The fraction of sp³-hybridized carbons (Fsp3) is 0.720. The van der Waals surface area contributed by atoms with E-state index in [1.54, 1.807) is 0 Å². The van der Waals surface area contributed by atoms with Gasteiger partial charge in [0.25, 0.3) is 7.82 Å². The van der Waals surface area contributed by atoms with Crippen LogP contribution in [0.5, 0.6) is 0 Å². The Hall–Kier alpha value is -2.55. The molecule has 0 saturated carbocycles. The van der Waals surface area contributed by atoms with Crippen molar-refractivity contribution in [3.8, 4) is 0 Å². The van der Waals surface area contributed by atoms with E-state index in [4.69, 9.17) is 18.5 Å². The third-order valence-electron chi connectivity index (χ3n) is 9.71. The molecule has 1 unspecified atom stereocenters. The van der Waals surface area contributed by atoms with Crippen molar-refractivity contribution in [2.75, 3.05) is 47.5 Å².